The van der Waals surface area contributed by atoms with E-state index < -0.39 is 34.9 Å². The lowest BCUT2D eigenvalue weighted by molar-refractivity contribution is -0.138. The summed E-state index contributed by atoms with van der Waals surface area (Å²) < 4.78 is 21.4. The second-order valence-corrected chi connectivity index (χ2v) is 26.6. The van der Waals surface area contributed by atoms with Crippen molar-refractivity contribution >= 4 is 115 Å². The zero-order chi connectivity index (χ0) is 69.0. The van der Waals surface area contributed by atoms with Crippen molar-refractivity contribution in [1.82, 2.24) is 45.8 Å². The Balaban J connectivity index is 0.000000130. The minimum absolute atomic E-state index is 0.0130. The van der Waals surface area contributed by atoms with E-state index in [-0.39, 0.29) is 46.8 Å². The highest BCUT2D eigenvalue weighted by molar-refractivity contribution is 6.18. The second-order valence-electron chi connectivity index (χ2n) is 26.6. The first-order valence-corrected chi connectivity index (χ1v) is 32.3. The predicted molar refractivity (Wildman–Crippen MR) is 369 cm³/mol. The molecule has 6 aliphatic rings. The first-order valence-electron chi connectivity index (χ1n) is 32.3. The largest absolute Gasteiger partial charge is 0.513 e. The number of morpholine rings is 2. The van der Waals surface area contributed by atoms with Crippen molar-refractivity contribution in [2.45, 2.75) is 90.5 Å². The van der Waals surface area contributed by atoms with Crippen LogP contribution in [0.2, 0.25) is 0 Å². The van der Waals surface area contributed by atoms with Crippen molar-refractivity contribution in [2.75, 3.05) is 68.6 Å². The molecule has 98 heavy (non-hydrogen) atoms. The number of rotatable bonds is 11. The van der Waals surface area contributed by atoms with Crippen LogP contribution in [0.4, 0.5) is 26.7 Å². The fourth-order valence-electron chi connectivity index (χ4n) is 12.5. The van der Waals surface area contributed by atoms with Gasteiger partial charge in [0.05, 0.1) is 72.8 Å². The van der Waals surface area contributed by atoms with Gasteiger partial charge in [0.15, 0.2) is 0 Å². The van der Waals surface area contributed by atoms with Crippen LogP contribution in [0, 0.1) is 11.8 Å². The highest BCUT2D eigenvalue weighted by Gasteiger charge is 2.45. The number of aliphatic hydroxyl groups excluding tert-OH is 1. The molecule has 508 valence electrons. The van der Waals surface area contributed by atoms with Gasteiger partial charge in [-0.2, -0.15) is 15.3 Å². The van der Waals surface area contributed by atoms with Crippen LogP contribution in [-0.2, 0) is 41.6 Å². The summed E-state index contributed by atoms with van der Waals surface area (Å²) in [6.45, 7) is 18.3. The number of ether oxygens (including phenoxy) is 4. The average Bonchev–Trinajstić information content (AvgIpc) is 1.62. The number of carbonyl (C=O) groups excluding carboxylic acids is 5. The molecule has 27 heteroatoms. The lowest BCUT2D eigenvalue weighted by atomic mass is 10.0. The van der Waals surface area contributed by atoms with E-state index in [9.17, 15) is 38.7 Å². The molecule has 8 heterocycles. The Morgan fingerprint density at radius 3 is 1.50 bits per heavy atom. The molecular weight excluding hydrogens is 1260 g/mol. The number of aliphatic carboxylic acids is 1. The molecule has 4 atom stereocenters. The molecule has 9 aromatic rings. The van der Waals surface area contributed by atoms with E-state index in [4.69, 9.17) is 24.1 Å². The zero-order valence-electron chi connectivity index (χ0n) is 54.9. The van der Waals surface area contributed by atoms with E-state index in [2.05, 4.69) is 84.1 Å². The van der Waals surface area contributed by atoms with Gasteiger partial charge in [-0.1, -0.05) is 60.7 Å². The van der Waals surface area contributed by atoms with E-state index in [1.165, 1.54) is 17.8 Å². The standard InChI is InChI=1S/C25H25N5O3.C20H25N5O4.C16H16N4O4.C10H10O2/c31-24(18-12-17(18)15-4-2-1-3-5-15)27-16-10-19-23-20(13-26-29-25(19)32)22(28-21(23)11-16)14-30-6-8-33-9-7-30;1-20(2,3)29-19(27)22-12-8-13-17-14(10-21-24-18(13)26)16(23-15(17)9-12)11-25-4-6-28-7-5-25;1-16(2,3)24-15(23)18-8-4-9-13-10(6-17-20-14(9)22)12(7-21)19-11(13)5-8;11-10(12)9-6-8(9)7-4-2-1-3-5-7/h1-5,10-11,13,17-18,28H,6-9,12,14H2,(H,27,31)(H,29,32);8-10,23H,4-7,11H2,1-3H3,(H,22,27)(H,24,26);4-7,19,21H,1-3H3,(H,18,23);1-5,8-9H,6H2,(H,11,12)/t17-,18+;;;8-,9+/m0..0/s1. The minimum Gasteiger partial charge on any atom is -0.513 e. The molecule has 5 amide bonds. The van der Waals surface area contributed by atoms with Crippen molar-refractivity contribution in [3.63, 3.8) is 0 Å². The molecule has 10 N–H and O–H groups in total. The van der Waals surface area contributed by atoms with Crippen LogP contribution in [-0.4, -0.2) is 157 Å². The summed E-state index contributed by atoms with van der Waals surface area (Å²) >= 11 is 0. The van der Waals surface area contributed by atoms with Gasteiger partial charge in [-0.15, -0.1) is 5.10 Å². The molecule has 27 nitrogen and oxygen atoms in total. The highest BCUT2D eigenvalue weighted by Crippen LogP contribution is 2.49. The Hall–Kier alpha value is -10.9. The van der Waals surface area contributed by atoms with E-state index in [1.54, 1.807) is 72.2 Å². The van der Waals surface area contributed by atoms with E-state index in [0.717, 1.165) is 115 Å². The van der Waals surface area contributed by atoms with E-state index in [0.29, 0.717) is 69.6 Å². The Bertz CT molecular complexity index is 4720. The number of hydrazone groups is 2. The number of carbonyl (C=O) groups is 6. The van der Waals surface area contributed by atoms with Gasteiger partial charge < -0.3 is 49.4 Å². The number of nitrogens with one attached hydrogen (secondary N) is 8. The zero-order valence-corrected chi connectivity index (χ0v) is 54.9. The monoisotopic (exact) mass is 1330 g/mol. The third-order valence-electron chi connectivity index (χ3n) is 17.1. The van der Waals surface area contributed by atoms with Crippen molar-refractivity contribution in [3.8, 4) is 0 Å². The average molecular weight is 1330 g/mol. The number of aliphatic hydroxyl groups is 1. The summed E-state index contributed by atoms with van der Waals surface area (Å²) in [5.41, 5.74) is 14.0. The van der Waals surface area contributed by atoms with Crippen LogP contribution in [0.3, 0.4) is 0 Å². The summed E-state index contributed by atoms with van der Waals surface area (Å²) in [7, 11) is 0. The number of aromatic nitrogens is 5. The second kappa shape index (κ2) is 28.4. The number of anilines is 3. The Morgan fingerprint density at radius 1 is 0.592 bits per heavy atom. The topological polar surface area (TPSA) is 361 Å². The fraction of sp³-hybridized carbons (Fsp3) is 0.338. The molecular formula is C71H76N14O13. The van der Waals surface area contributed by atoms with Gasteiger partial charge >= 0.3 is 18.2 Å². The number of hydrogen-bond acceptors (Lipinski definition) is 18. The molecule has 0 bridgehead atoms. The molecule has 4 fully saturated rings. The molecule has 4 aromatic heterocycles. The first kappa shape index (κ1) is 67.1. The first-order chi connectivity index (χ1) is 47.0. The SMILES string of the molecule is CC(C)(C)OC(=O)Nc1cc2[nH]c(=CO)c3cnnc(=O)c(c1)c23.CC(C)(C)OC(=O)Nc1cc2c3c(c(CN4CCOCC4)[nH]c3c1)C=NNC2=O.O=C(O)[C@@H]1C[C@H]1c1ccccc1.O=C1NN=Cc2c(CN3CCOCC3)[nH]c3cc(NC(=O)[C@@H]4C[C@H]4c4ccccc4)cc1c23. The quantitative estimate of drug-likeness (QED) is 0.0577. The summed E-state index contributed by atoms with van der Waals surface area (Å²) in [5.74, 6) is -0.937. The lowest BCUT2D eigenvalue weighted by Gasteiger charge is -2.26. The summed E-state index contributed by atoms with van der Waals surface area (Å²) in [6, 6.07) is 30.2. The number of H-pyrrole nitrogens is 3. The Kier molecular flexibility index (Phi) is 19.5. The molecule has 5 aromatic carbocycles. The normalized spacial score (nSPS) is 18.9. The number of hydrogen-bond donors (Lipinski definition) is 10. The van der Waals surface area contributed by atoms with Crippen molar-refractivity contribution in [3.05, 3.63) is 164 Å². The number of amides is 5. The van der Waals surface area contributed by atoms with Crippen molar-refractivity contribution < 1.29 is 57.9 Å². The van der Waals surface area contributed by atoms with Gasteiger partial charge in [0, 0.05) is 123 Å². The van der Waals surface area contributed by atoms with Crippen LogP contribution in [0.25, 0.3) is 49.7 Å². The van der Waals surface area contributed by atoms with Gasteiger partial charge in [0.2, 0.25) is 5.91 Å². The van der Waals surface area contributed by atoms with Gasteiger partial charge in [-0.25, -0.2) is 20.4 Å². The predicted octanol–water partition coefficient (Wildman–Crippen LogP) is 8.95. The van der Waals surface area contributed by atoms with Gasteiger partial charge in [0.25, 0.3) is 17.4 Å². The lowest BCUT2D eigenvalue weighted by Crippen LogP contribution is -2.35. The smallest absolute Gasteiger partial charge is 0.412 e. The maximum atomic E-state index is 12.9. The van der Waals surface area contributed by atoms with Gasteiger partial charge in [-0.05, 0) is 114 Å². The summed E-state index contributed by atoms with van der Waals surface area (Å²) in [5, 5.41) is 45.2. The third-order valence-corrected chi connectivity index (χ3v) is 17.1. The number of benzene rings is 5. The molecule has 0 spiro atoms. The number of carboxylic acids is 1. The molecule has 2 saturated heterocycles. The molecule has 15 rings (SSSR count). The van der Waals surface area contributed by atoms with Crippen LogP contribution >= 0.6 is 0 Å². The molecule has 2 saturated carbocycles. The third kappa shape index (κ3) is 15.8. The van der Waals surface area contributed by atoms with E-state index >= 15 is 0 Å². The molecule has 4 aliphatic heterocycles. The molecule has 0 radical (unpaired) electrons. The van der Waals surface area contributed by atoms with Gasteiger partial charge in [-0.3, -0.25) is 44.4 Å². The van der Waals surface area contributed by atoms with Crippen molar-refractivity contribution in [1.29, 1.82) is 0 Å². The Labute approximate surface area is 561 Å². The maximum Gasteiger partial charge on any atom is 0.412 e. The minimum atomic E-state index is -0.663. The van der Waals surface area contributed by atoms with E-state index in [1.807, 2.05) is 60.7 Å². The Morgan fingerprint density at radius 2 is 1.04 bits per heavy atom. The van der Waals surface area contributed by atoms with Crippen LogP contribution in [0.15, 0.2) is 118 Å². The van der Waals surface area contributed by atoms with Crippen LogP contribution in [0.1, 0.15) is 121 Å². The molecule has 2 aliphatic carbocycles. The van der Waals surface area contributed by atoms with Crippen molar-refractivity contribution in [2.24, 2.45) is 22.0 Å². The van der Waals surface area contributed by atoms with Crippen LogP contribution < -0.4 is 37.7 Å². The summed E-state index contributed by atoms with van der Waals surface area (Å²) in [6.07, 6.45) is 6.10. The number of nitrogens with zero attached hydrogens (tertiary/aromatic N) is 6. The summed E-state index contributed by atoms with van der Waals surface area (Å²) in [4.78, 5) is 99.5. The fourth-order valence-corrected chi connectivity index (χ4v) is 12.5. The maximum absolute atomic E-state index is 12.9. The van der Waals surface area contributed by atoms with Crippen LogP contribution in [0.5, 0.6) is 0 Å². The highest BCUT2D eigenvalue weighted by atomic mass is 16.6. The number of carboxylic acid groups (broad SMARTS) is 1. The molecule has 0 unspecified atom stereocenters. The number of aromatic amines is 3. The van der Waals surface area contributed by atoms with Gasteiger partial charge in [0.1, 0.15) is 17.5 Å².